The van der Waals surface area contributed by atoms with Crippen LogP contribution in [0.4, 0.5) is 0 Å². The molecule has 0 aliphatic heterocycles. The van der Waals surface area contributed by atoms with Crippen LogP contribution in [-0.4, -0.2) is 32.1 Å². The molecule has 0 saturated carbocycles. The number of amides is 1. The minimum atomic E-state index is -0.476. The lowest BCUT2D eigenvalue weighted by molar-refractivity contribution is -0.147. The van der Waals surface area contributed by atoms with Crippen molar-refractivity contribution in [3.05, 3.63) is 78.1 Å². The number of rotatable bonds is 8. The van der Waals surface area contributed by atoms with Gasteiger partial charge in [0.15, 0.2) is 6.61 Å². The number of hydrogen-bond donors (Lipinski definition) is 1. The predicted molar refractivity (Wildman–Crippen MR) is 118 cm³/mol. The van der Waals surface area contributed by atoms with Crippen molar-refractivity contribution in [3.8, 4) is 5.75 Å². The molecule has 1 amide bonds. The molecule has 0 aliphatic rings. The zero-order valence-corrected chi connectivity index (χ0v) is 17.2. The summed E-state index contributed by atoms with van der Waals surface area (Å²) in [6, 6.07) is 19.4. The lowest BCUT2D eigenvalue weighted by Gasteiger charge is -2.09. The number of esters is 1. The van der Waals surface area contributed by atoms with Crippen LogP contribution in [0.3, 0.4) is 0 Å². The summed E-state index contributed by atoms with van der Waals surface area (Å²) in [4.78, 5) is 24.4. The van der Waals surface area contributed by atoms with Gasteiger partial charge in [0.1, 0.15) is 11.3 Å². The molecule has 1 heterocycles. The lowest BCUT2D eigenvalue weighted by Crippen LogP contribution is -2.30. The Morgan fingerprint density at radius 3 is 2.65 bits per heavy atom. The van der Waals surface area contributed by atoms with Crippen molar-refractivity contribution in [3.63, 3.8) is 0 Å². The Labute approximate surface area is 179 Å². The van der Waals surface area contributed by atoms with Crippen LogP contribution in [-0.2, 0) is 27.2 Å². The monoisotopic (exact) mass is 417 g/mol. The first-order chi connectivity index (χ1) is 15.2. The van der Waals surface area contributed by atoms with E-state index in [0.29, 0.717) is 13.0 Å². The van der Waals surface area contributed by atoms with Crippen molar-refractivity contribution in [1.82, 2.24) is 5.32 Å². The van der Waals surface area contributed by atoms with E-state index in [0.717, 1.165) is 38.6 Å². The van der Waals surface area contributed by atoms with Gasteiger partial charge in [-0.2, -0.15) is 0 Å². The molecule has 0 unspecified atom stereocenters. The highest BCUT2D eigenvalue weighted by atomic mass is 16.5. The fourth-order valence-electron chi connectivity index (χ4n) is 3.65. The maximum absolute atomic E-state index is 12.3. The van der Waals surface area contributed by atoms with Crippen LogP contribution in [0.5, 0.6) is 5.75 Å². The maximum Gasteiger partial charge on any atom is 0.310 e. The Morgan fingerprint density at radius 1 is 0.968 bits per heavy atom. The number of hydrogen-bond acceptors (Lipinski definition) is 5. The average molecular weight is 417 g/mol. The third kappa shape index (κ3) is 4.69. The summed E-state index contributed by atoms with van der Waals surface area (Å²) >= 11 is 0. The molecule has 0 radical (unpaired) electrons. The van der Waals surface area contributed by atoms with E-state index in [1.165, 1.54) is 0 Å². The van der Waals surface area contributed by atoms with E-state index in [4.69, 9.17) is 13.9 Å². The smallest absolute Gasteiger partial charge is 0.310 e. The van der Waals surface area contributed by atoms with Gasteiger partial charge in [-0.25, -0.2) is 0 Å². The Bertz CT molecular complexity index is 1230. The van der Waals surface area contributed by atoms with Crippen LogP contribution in [0.2, 0.25) is 0 Å². The Morgan fingerprint density at radius 2 is 1.77 bits per heavy atom. The maximum atomic E-state index is 12.3. The molecular formula is C25H23NO5. The van der Waals surface area contributed by atoms with E-state index in [-0.39, 0.29) is 18.9 Å². The number of carbonyl (C=O) groups is 2. The normalized spacial score (nSPS) is 10.9. The number of carbonyl (C=O) groups excluding carboxylic acids is 2. The van der Waals surface area contributed by atoms with E-state index in [9.17, 15) is 9.59 Å². The van der Waals surface area contributed by atoms with E-state index in [2.05, 4.69) is 5.32 Å². The van der Waals surface area contributed by atoms with Crippen LogP contribution in [0, 0.1) is 0 Å². The van der Waals surface area contributed by atoms with Crippen LogP contribution >= 0.6 is 0 Å². The standard InChI is InChI=1S/C25H23NO5/c1-29-21-9-5-3-7-18(21)12-13-26-23(27)16-31-24(28)14-19-15-30-22-11-10-17-6-2-4-8-20(17)25(19)22/h2-11,15H,12-14,16H2,1H3,(H,26,27). The molecule has 158 valence electrons. The second-order valence-corrected chi connectivity index (χ2v) is 7.17. The Kier molecular flexibility index (Phi) is 6.17. The van der Waals surface area contributed by atoms with E-state index in [1.54, 1.807) is 13.4 Å². The Hall–Kier alpha value is -3.80. The summed E-state index contributed by atoms with van der Waals surface area (Å²) in [5, 5.41) is 5.75. The molecule has 0 aliphatic carbocycles. The van der Waals surface area contributed by atoms with Gasteiger partial charge in [0.25, 0.3) is 5.91 Å². The van der Waals surface area contributed by atoms with Gasteiger partial charge in [0.05, 0.1) is 19.8 Å². The molecule has 1 N–H and O–H groups in total. The van der Waals surface area contributed by atoms with Crippen LogP contribution in [0.15, 0.2) is 71.3 Å². The van der Waals surface area contributed by atoms with Gasteiger partial charge in [-0.3, -0.25) is 9.59 Å². The molecule has 31 heavy (non-hydrogen) atoms. The molecule has 1 aromatic heterocycles. The average Bonchev–Trinajstić information content (AvgIpc) is 3.21. The number of furan rings is 1. The second-order valence-electron chi connectivity index (χ2n) is 7.17. The number of fused-ring (bicyclic) bond motifs is 3. The molecule has 6 nitrogen and oxygen atoms in total. The molecule has 6 heteroatoms. The second kappa shape index (κ2) is 9.34. The van der Waals surface area contributed by atoms with E-state index in [1.807, 2.05) is 60.7 Å². The number of para-hydroxylation sites is 1. The van der Waals surface area contributed by atoms with Crippen molar-refractivity contribution in [2.45, 2.75) is 12.8 Å². The quantitative estimate of drug-likeness (QED) is 0.438. The first-order valence-corrected chi connectivity index (χ1v) is 10.1. The minimum absolute atomic E-state index is 0.0372. The summed E-state index contributed by atoms with van der Waals surface area (Å²) in [5.41, 5.74) is 2.46. The van der Waals surface area contributed by atoms with Crippen LogP contribution in [0.1, 0.15) is 11.1 Å². The summed E-state index contributed by atoms with van der Waals surface area (Å²) < 4.78 is 16.1. The number of nitrogens with one attached hydrogen (secondary N) is 1. The van der Waals surface area contributed by atoms with E-state index < -0.39 is 5.97 Å². The van der Waals surface area contributed by atoms with Gasteiger partial charge >= 0.3 is 5.97 Å². The summed E-state index contributed by atoms with van der Waals surface area (Å²) in [6.07, 6.45) is 2.24. The molecule has 0 atom stereocenters. The Balaban J connectivity index is 1.30. The van der Waals surface area contributed by atoms with Gasteiger partial charge in [-0.1, -0.05) is 48.5 Å². The molecule has 0 bridgehead atoms. The molecule has 4 aromatic rings. The SMILES string of the molecule is COc1ccccc1CCNC(=O)COC(=O)Cc1coc2ccc3ccccc3c12. The highest BCUT2D eigenvalue weighted by Gasteiger charge is 2.15. The minimum Gasteiger partial charge on any atom is -0.496 e. The fraction of sp³-hybridized carbons (Fsp3) is 0.200. The van der Waals surface area contributed by atoms with Crippen molar-refractivity contribution >= 4 is 33.6 Å². The van der Waals surface area contributed by atoms with Crippen molar-refractivity contribution < 1.29 is 23.5 Å². The largest absolute Gasteiger partial charge is 0.496 e. The van der Waals surface area contributed by atoms with Crippen LogP contribution in [0.25, 0.3) is 21.7 Å². The van der Waals surface area contributed by atoms with Gasteiger partial charge in [0.2, 0.25) is 0 Å². The van der Waals surface area contributed by atoms with E-state index >= 15 is 0 Å². The highest BCUT2D eigenvalue weighted by Crippen LogP contribution is 2.30. The first-order valence-electron chi connectivity index (χ1n) is 10.1. The molecule has 4 rings (SSSR count). The topological polar surface area (TPSA) is 77.8 Å². The molecular weight excluding hydrogens is 394 g/mol. The molecule has 0 spiro atoms. The highest BCUT2D eigenvalue weighted by molar-refractivity contribution is 6.08. The fourth-order valence-corrected chi connectivity index (χ4v) is 3.65. The zero-order valence-electron chi connectivity index (χ0n) is 17.2. The van der Waals surface area contributed by atoms with Crippen molar-refractivity contribution in [1.29, 1.82) is 0 Å². The number of methoxy groups -OCH3 is 1. The van der Waals surface area contributed by atoms with Crippen LogP contribution < -0.4 is 10.1 Å². The molecule has 0 fully saturated rings. The predicted octanol–water partition coefficient (Wildman–Crippen LogP) is 4.04. The van der Waals surface area contributed by atoms with Crippen molar-refractivity contribution in [2.24, 2.45) is 0 Å². The molecule has 3 aromatic carbocycles. The van der Waals surface area contributed by atoms with Gasteiger partial charge in [-0.15, -0.1) is 0 Å². The van der Waals surface area contributed by atoms with Gasteiger partial charge in [0, 0.05) is 17.5 Å². The number of ether oxygens (including phenoxy) is 2. The first kappa shape index (κ1) is 20.5. The van der Waals surface area contributed by atoms with Crippen molar-refractivity contribution in [2.75, 3.05) is 20.3 Å². The third-order valence-corrected chi connectivity index (χ3v) is 5.15. The summed E-state index contributed by atoms with van der Waals surface area (Å²) in [5.74, 6) is -0.0377. The summed E-state index contributed by atoms with van der Waals surface area (Å²) in [6.45, 7) is 0.108. The lowest BCUT2D eigenvalue weighted by atomic mass is 10.0. The zero-order chi connectivity index (χ0) is 21.6. The molecule has 0 saturated heterocycles. The van der Waals surface area contributed by atoms with Gasteiger partial charge < -0.3 is 19.2 Å². The number of benzene rings is 3. The summed E-state index contributed by atoms with van der Waals surface area (Å²) in [7, 11) is 1.61. The van der Waals surface area contributed by atoms with Gasteiger partial charge in [-0.05, 0) is 34.9 Å². The third-order valence-electron chi connectivity index (χ3n) is 5.15.